The predicted molar refractivity (Wildman–Crippen MR) is 129 cm³/mol. The zero-order valence-corrected chi connectivity index (χ0v) is 20.1. The molecule has 4 heterocycles. The number of imidazole rings is 1. The molecule has 0 unspecified atom stereocenters. The number of fused-ring (bicyclic) bond motifs is 1. The number of methoxy groups -OCH3 is 3. The third kappa shape index (κ3) is 3.59. The van der Waals surface area contributed by atoms with Gasteiger partial charge < -0.3 is 24.1 Å². The van der Waals surface area contributed by atoms with Crippen molar-refractivity contribution in [3.8, 4) is 34.3 Å². The van der Waals surface area contributed by atoms with Crippen LogP contribution in [0.5, 0.6) is 17.2 Å². The summed E-state index contributed by atoms with van der Waals surface area (Å²) < 4.78 is 23.7. The fourth-order valence-corrected chi connectivity index (χ4v) is 4.40. The first kappa shape index (κ1) is 21.7. The Bertz CT molecular complexity index is 1430. The van der Waals surface area contributed by atoms with Crippen molar-refractivity contribution in [2.75, 3.05) is 26.6 Å². The van der Waals surface area contributed by atoms with Gasteiger partial charge in [0.1, 0.15) is 12.1 Å². The molecule has 0 bridgehead atoms. The molecular formula is C23H22N6O4S. The molecule has 34 heavy (non-hydrogen) atoms. The number of hydrogen-bond donors (Lipinski definition) is 1. The van der Waals surface area contributed by atoms with Gasteiger partial charge in [0.15, 0.2) is 34.3 Å². The fourth-order valence-electron chi connectivity index (χ4n) is 3.77. The third-order valence-corrected chi connectivity index (χ3v) is 6.04. The van der Waals surface area contributed by atoms with E-state index in [1.165, 1.54) is 0 Å². The molecule has 174 valence electrons. The van der Waals surface area contributed by atoms with Gasteiger partial charge in [0, 0.05) is 23.2 Å². The highest BCUT2D eigenvalue weighted by atomic mass is 32.1. The summed E-state index contributed by atoms with van der Waals surface area (Å²) in [6.07, 6.45) is 1.74. The summed E-state index contributed by atoms with van der Waals surface area (Å²) >= 11 is 1.60. The van der Waals surface area contributed by atoms with E-state index in [9.17, 15) is 0 Å². The molecule has 0 saturated heterocycles. The van der Waals surface area contributed by atoms with E-state index in [0.29, 0.717) is 57.2 Å². The van der Waals surface area contributed by atoms with Gasteiger partial charge in [-0.3, -0.25) is 4.57 Å². The number of ether oxygens (including phenoxy) is 3. The topological polar surface area (TPSA) is 109 Å². The van der Waals surface area contributed by atoms with Crippen molar-refractivity contribution in [2.45, 2.75) is 13.8 Å². The number of anilines is 2. The third-order valence-electron chi connectivity index (χ3n) is 5.36. The number of nitrogens with one attached hydrogen (secondary N) is 1. The summed E-state index contributed by atoms with van der Waals surface area (Å²) in [7, 11) is 4.71. The first-order chi connectivity index (χ1) is 16.5. The highest BCUT2D eigenvalue weighted by molar-refractivity contribution is 7.08. The molecule has 4 aromatic heterocycles. The van der Waals surface area contributed by atoms with Gasteiger partial charge in [-0.15, -0.1) is 0 Å². The summed E-state index contributed by atoms with van der Waals surface area (Å²) in [4.78, 5) is 14.2. The average Bonchev–Trinajstić information content (AvgIpc) is 3.58. The summed E-state index contributed by atoms with van der Waals surface area (Å²) in [6, 6.07) is 5.62. The highest BCUT2D eigenvalue weighted by Crippen LogP contribution is 2.41. The van der Waals surface area contributed by atoms with E-state index in [2.05, 4.69) is 15.5 Å². The number of aromatic nitrogens is 5. The quantitative estimate of drug-likeness (QED) is 0.348. The van der Waals surface area contributed by atoms with Gasteiger partial charge in [-0.1, -0.05) is 5.16 Å². The first-order valence-electron chi connectivity index (χ1n) is 10.3. The van der Waals surface area contributed by atoms with Crippen molar-refractivity contribution in [2.24, 2.45) is 0 Å². The Labute approximate surface area is 199 Å². The molecular weight excluding hydrogens is 456 g/mol. The zero-order chi connectivity index (χ0) is 23.8. The molecule has 0 aliphatic rings. The van der Waals surface area contributed by atoms with Gasteiger partial charge in [0.2, 0.25) is 5.75 Å². The Morgan fingerprint density at radius 2 is 1.79 bits per heavy atom. The van der Waals surface area contributed by atoms with Crippen LogP contribution in [0.2, 0.25) is 0 Å². The summed E-state index contributed by atoms with van der Waals surface area (Å²) in [5, 5.41) is 11.5. The Morgan fingerprint density at radius 1 is 1.03 bits per heavy atom. The van der Waals surface area contributed by atoms with E-state index in [1.54, 1.807) is 51.1 Å². The van der Waals surface area contributed by atoms with E-state index in [0.717, 1.165) is 11.3 Å². The van der Waals surface area contributed by atoms with Crippen molar-refractivity contribution < 1.29 is 18.7 Å². The van der Waals surface area contributed by atoms with Crippen molar-refractivity contribution >= 4 is 34.0 Å². The van der Waals surface area contributed by atoms with E-state index < -0.39 is 0 Å². The van der Waals surface area contributed by atoms with Crippen molar-refractivity contribution in [1.29, 1.82) is 0 Å². The average molecular weight is 479 g/mol. The zero-order valence-electron chi connectivity index (χ0n) is 19.2. The summed E-state index contributed by atoms with van der Waals surface area (Å²) in [6.45, 7) is 3.70. The van der Waals surface area contributed by atoms with Gasteiger partial charge in [0.05, 0.1) is 38.3 Å². The smallest absolute Gasteiger partial charge is 0.203 e. The Hall–Kier alpha value is -4.12. The first-order valence-corrected chi connectivity index (χ1v) is 11.3. The minimum atomic E-state index is 0.482. The molecule has 0 spiro atoms. The molecule has 1 N–H and O–H groups in total. The predicted octanol–water partition coefficient (Wildman–Crippen LogP) is 4.92. The van der Waals surface area contributed by atoms with Crippen LogP contribution in [0.1, 0.15) is 11.5 Å². The van der Waals surface area contributed by atoms with Crippen molar-refractivity contribution in [3.05, 3.63) is 46.7 Å². The van der Waals surface area contributed by atoms with E-state index in [4.69, 9.17) is 28.7 Å². The minimum Gasteiger partial charge on any atom is -0.493 e. The van der Waals surface area contributed by atoms with Crippen LogP contribution in [0, 0.1) is 13.8 Å². The summed E-state index contributed by atoms with van der Waals surface area (Å²) in [5.74, 6) is 3.17. The molecule has 0 saturated carbocycles. The second-order valence-corrected chi connectivity index (χ2v) is 8.18. The van der Waals surface area contributed by atoms with Crippen LogP contribution in [0.25, 0.3) is 28.2 Å². The molecule has 0 radical (unpaired) electrons. The Balaban J connectivity index is 1.71. The lowest BCUT2D eigenvalue weighted by Gasteiger charge is -2.15. The normalized spacial score (nSPS) is 11.1. The minimum absolute atomic E-state index is 0.482. The number of hydrogen-bond acceptors (Lipinski definition) is 10. The van der Waals surface area contributed by atoms with Crippen LogP contribution >= 0.6 is 11.3 Å². The molecule has 0 amide bonds. The van der Waals surface area contributed by atoms with Crippen LogP contribution in [0.4, 0.5) is 11.5 Å². The second kappa shape index (κ2) is 8.67. The second-order valence-electron chi connectivity index (χ2n) is 7.40. The van der Waals surface area contributed by atoms with E-state index >= 15 is 0 Å². The molecule has 0 atom stereocenters. The highest BCUT2D eigenvalue weighted by Gasteiger charge is 2.21. The lowest BCUT2D eigenvalue weighted by molar-refractivity contribution is 0.324. The molecule has 11 heteroatoms. The molecule has 0 aliphatic heterocycles. The molecule has 0 aliphatic carbocycles. The van der Waals surface area contributed by atoms with Crippen LogP contribution in [-0.2, 0) is 0 Å². The fraction of sp³-hybridized carbons (Fsp3) is 0.217. The van der Waals surface area contributed by atoms with Gasteiger partial charge in [-0.25, -0.2) is 15.0 Å². The Morgan fingerprint density at radius 3 is 2.38 bits per heavy atom. The SMILES string of the molecule is COc1cc(Nc2nc(-c3c(C)noc3C)nc3c2ncn3-c2ccsc2)cc(OC)c1OC. The number of thiophene rings is 1. The van der Waals surface area contributed by atoms with Crippen molar-refractivity contribution in [3.63, 3.8) is 0 Å². The molecule has 0 fully saturated rings. The van der Waals surface area contributed by atoms with Crippen LogP contribution in [0.3, 0.4) is 0 Å². The molecule has 5 aromatic rings. The van der Waals surface area contributed by atoms with Gasteiger partial charge in [-0.05, 0) is 25.3 Å². The number of rotatable bonds is 7. The maximum absolute atomic E-state index is 5.49. The van der Waals surface area contributed by atoms with Gasteiger partial charge in [-0.2, -0.15) is 11.3 Å². The van der Waals surface area contributed by atoms with Crippen molar-refractivity contribution in [1.82, 2.24) is 24.7 Å². The molecule has 10 nitrogen and oxygen atoms in total. The number of nitrogens with zero attached hydrogens (tertiary/aromatic N) is 5. The standard InChI is InChI=1S/C23H22N6O4S/c1-12-18(13(2)33-28-12)21-26-22(19-23(27-21)29(11-24-19)15-6-7-34-10-15)25-14-8-16(30-3)20(32-5)17(9-14)31-4/h6-11H,1-5H3,(H,25,26,27). The largest absolute Gasteiger partial charge is 0.493 e. The van der Waals surface area contributed by atoms with E-state index in [-0.39, 0.29) is 0 Å². The van der Waals surface area contributed by atoms with Crippen LogP contribution < -0.4 is 19.5 Å². The summed E-state index contributed by atoms with van der Waals surface area (Å²) in [5.41, 5.74) is 4.36. The lowest BCUT2D eigenvalue weighted by Crippen LogP contribution is -2.03. The van der Waals surface area contributed by atoms with Crippen LogP contribution in [-0.4, -0.2) is 46.0 Å². The maximum atomic E-state index is 5.49. The Kier molecular flexibility index (Phi) is 5.54. The number of benzene rings is 1. The van der Waals surface area contributed by atoms with E-state index in [1.807, 2.05) is 35.2 Å². The lowest BCUT2D eigenvalue weighted by atomic mass is 10.2. The van der Waals surface area contributed by atoms with Crippen LogP contribution in [0.15, 0.2) is 39.8 Å². The molecule has 1 aromatic carbocycles. The number of aryl methyl sites for hydroxylation is 2. The monoisotopic (exact) mass is 478 g/mol. The molecule has 5 rings (SSSR count). The van der Waals surface area contributed by atoms with Gasteiger partial charge >= 0.3 is 0 Å². The maximum Gasteiger partial charge on any atom is 0.203 e. The van der Waals surface area contributed by atoms with Gasteiger partial charge in [0.25, 0.3) is 0 Å².